The lowest BCUT2D eigenvalue weighted by molar-refractivity contribution is 0.0523. The van der Waals surface area contributed by atoms with Crippen LogP contribution in [0.5, 0.6) is 5.75 Å². The summed E-state index contributed by atoms with van der Waals surface area (Å²) >= 11 is 0. The van der Waals surface area contributed by atoms with Gasteiger partial charge in [0, 0.05) is 23.5 Å². The maximum absolute atomic E-state index is 15.9. The number of hydrogen-bond donors (Lipinski definition) is 0. The van der Waals surface area contributed by atoms with Gasteiger partial charge in [0.2, 0.25) is 0 Å². The highest BCUT2D eigenvalue weighted by atomic mass is 19.1. The molecule has 2 aromatic heterocycles. The van der Waals surface area contributed by atoms with Crippen LogP contribution in [0, 0.1) is 17.6 Å². The summed E-state index contributed by atoms with van der Waals surface area (Å²) in [5.74, 6) is -1.10. The van der Waals surface area contributed by atoms with Crippen molar-refractivity contribution < 1.29 is 23.0 Å². The van der Waals surface area contributed by atoms with Gasteiger partial charge in [-0.15, -0.1) is 0 Å². The molecule has 0 saturated carbocycles. The number of aromatic nitrogens is 2. The first-order valence-electron chi connectivity index (χ1n) is 11.4. The molecule has 0 unspecified atom stereocenters. The molecule has 0 bridgehead atoms. The molecule has 2 heterocycles. The van der Waals surface area contributed by atoms with Gasteiger partial charge >= 0.3 is 5.97 Å². The monoisotopic (exact) mass is 480 g/mol. The summed E-state index contributed by atoms with van der Waals surface area (Å²) in [5.41, 5.74) is -0.150. The number of ether oxygens (including phenoxy) is 2. The quantitative estimate of drug-likeness (QED) is 0.321. The van der Waals surface area contributed by atoms with Crippen LogP contribution < -0.4 is 10.3 Å². The first-order valence-corrected chi connectivity index (χ1v) is 11.4. The second-order valence-corrected chi connectivity index (χ2v) is 8.57. The van der Waals surface area contributed by atoms with Crippen LogP contribution in [0.3, 0.4) is 0 Å². The molecular formula is C27H26F2N2O4. The summed E-state index contributed by atoms with van der Waals surface area (Å²) in [4.78, 5) is 25.6. The zero-order valence-electron chi connectivity index (χ0n) is 19.8. The van der Waals surface area contributed by atoms with E-state index in [1.54, 1.807) is 49.4 Å². The Morgan fingerprint density at radius 3 is 2.54 bits per heavy atom. The van der Waals surface area contributed by atoms with Crippen LogP contribution in [0.25, 0.3) is 16.8 Å². The molecule has 2 aromatic carbocycles. The molecule has 0 aliphatic carbocycles. The van der Waals surface area contributed by atoms with E-state index >= 15 is 4.39 Å². The minimum atomic E-state index is -0.832. The lowest BCUT2D eigenvalue weighted by Crippen LogP contribution is -2.26. The van der Waals surface area contributed by atoms with Crippen LogP contribution in [0.4, 0.5) is 8.78 Å². The van der Waals surface area contributed by atoms with Crippen molar-refractivity contribution in [3.63, 3.8) is 0 Å². The highest BCUT2D eigenvalue weighted by Gasteiger charge is 2.23. The number of carbonyl (C=O) groups excluding carboxylic acids is 1. The molecule has 0 fully saturated rings. The first kappa shape index (κ1) is 24.2. The summed E-state index contributed by atoms with van der Waals surface area (Å²) in [6.07, 6.45) is 2.56. The third-order valence-corrected chi connectivity index (χ3v) is 5.45. The lowest BCUT2D eigenvalue weighted by Gasteiger charge is -2.12. The predicted molar refractivity (Wildman–Crippen MR) is 129 cm³/mol. The predicted octanol–water partition coefficient (Wildman–Crippen LogP) is 5.31. The van der Waals surface area contributed by atoms with Crippen molar-refractivity contribution in [3.8, 4) is 16.9 Å². The van der Waals surface area contributed by atoms with Gasteiger partial charge in [-0.1, -0.05) is 44.2 Å². The van der Waals surface area contributed by atoms with Crippen LogP contribution in [0.1, 0.15) is 36.7 Å². The second-order valence-electron chi connectivity index (χ2n) is 8.57. The van der Waals surface area contributed by atoms with E-state index in [0.717, 1.165) is 4.40 Å². The molecule has 0 aliphatic rings. The highest BCUT2D eigenvalue weighted by molar-refractivity contribution is 5.89. The van der Waals surface area contributed by atoms with Crippen molar-refractivity contribution in [1.29, 1.82) is 0 Å². The van der Waals surface area contributed by atoms with Crippen molar-refractivity contribution in [1.82, 2.24) is 8.97 Å². The molecule has 6 nitrogen and oxygen atoms in total. The van der Waals surface area contributed by atoms with Gasteiger partial charge in [-0.3, -0.25) is 9.20 Å². The molecule has 0 radical (unpaired) electrons. The fourth-order valence-electron chi connectivity index (χ4n) is 3.79. The van der Waals surface area contributed by atoms with E-state index < -0.39 is 23.2 Å². The molecule has 182 valence electrons. The first-order chi connectivity index (χ1) is 16.8. The Morgan fingerprint density at radius 2 is 1.83 bits per heavy atom. The number of rotatable bonds is 8. The molecule has 0 spiro atoms. The molecule has 4 rings (SSSR count). The Kier molecular flexibility index (Phi) is 7.00. The van der Waals surface area contributed by atoms with E-state index in [4.69, 9.17) is 9.47 Å². The van der Waals surface area contributed by atoms with Crippen LogP contribution in [-0.4, -0.2) is 28.2 Å². The van der Waals surface area contributed by atoms with Crippen LogP contribution in [0.15, 0.2) is 65.7 Å². The molecule has 4 aromatic rings. The average molecular weight is 481 g/mol. The van der Waals surface area contributed by atoms with Gasteiger partial charge < -0.3 is 14.0 Å². The number of nitrogens with zero attached hydrogens (tertiary/aromatic N) is 2. The van der Waals surface area contributed by atoms with Gasteiger partial charge in [-0.05, 0) is 36.6 Å². The van der Waals surface area contributed by atoms with Crippen LogP contribution >= 0.6 is 0 Å². The topological polar surface area (TPSA) is 61.9 Å². The van der Waals surface area contributed by atoms with Gasteiger partial charge in [0.05, 0.1) is 19.8 Å². The SMILES string of the molecule is CCOC(=O)c1cn(Cc2ccccc2F)c2c(F)c(-c3cccc(OCC(C)C)c3)cn2c1=O. The maximum Gasteiger partial charge on any atom is 0.345 e. The second kappa shape index (κ2) is 10.1. The zero-order chi connectivity index (χ0) is 25.1. The largest absolute Gasteiger partial charge is 0.493 e. The summed E-state index contributed by atoms with van der Waals surface area (Å²) < 4.78 is 43.5. The molecule has 0 N–H and O–H groups in total. The van der Waals surface area contributed by atoms with Gasteiger partial charge in [-0.2, -0.15) is 0 Å². The van der Waals surface area contributed by atoms with Crippen molar-refractivity contribution in [3.05, 3.63) is 94.0 Å². The van der Waals surface area contributed by atoms with Crippen molar-refractivity contribution in [2.24, 2.45) is 5.92 Å². The van der Waals surface area contributed by atoms with Gasteiger partial charge in [0.15, 0.2) is 11.5 Å². The number of hydrogen-bond acceptors (Lipinski definition) is 4. The number of carbonyl (C=O) groups is 1. The molecule has 0 atom stereocenters. The van der Waals surface area contributed by atoms with Gasteiger partial charge in [0.25, 0.3) is 5.56 Å². The Balaban J connectivity index is 1.90. The Morgan fingerprint density at radius 1 is 1.06 bits per heavy atom. The molecular weight excluding hydrogens is 454 g/mol. The van der Waals surface area contributed by atoms with Gasteiger partial charge in [0.1, 0.15) is 17.1 Å². The van der Waals surface area contributed by atoms with E-state index in [-0.39, 0.29) is 35.5 Å². The normalized spacial score (nSPS) is 11.3. The fraction of sp³-hybridized carbons (Fsp3) is 0.259. The standard InChI is InChI=1S/C27H26F2N2O4/c1-4-34-27(33)22-14-30(13-19-8-5-6-11-23(19)28)25-24(29)21(15-31(25)26(22)32)18-9-7-10-20(12-18)35-16-17(2)3/h5-12,14-15,17H,4,13,16H2,1-3H3. The molecule has 35 heavy (non-hydrogen) atoms. The number of fused-ring (bicyclic) bond motifs is 1. The Hall–Kier alpha value is -3.94. The minimum absolute atomic E-state index is 0.0675. The number of benzene rings is 2. The Bertz CT molecular complexity index is 1440. The lowest BCUT2D eigenvalue weighted by atomic mass is 10.1. The Labute approximate surface area is 201 Å². The highest BCUT2D eigenvalue weighted by Crippen LogP contribution is 2.30. The van der Waals surface area contributed by atoms with Crippen LogP contribution in [-0.2, 0) is 11.3 Å². The van der Waals surface area contributed by atoms with Crippen LogP contribution in [0.2, 0.25) is 0 Å². The molecule has 0 saturated heterocycles. The summed E-state index contributed by atoms with van der Waals surface area (Å²) in [6.45, 7) is 6.14. The van der Waals surface area contributed by atoms with Crippen molar-refractivity contribution >= 4 is 11.6 Å². The van der Waals surface area contributed by atoms with E-state index in [9.17, 15) is 14.0 Å². The summed E-state index contributed by atoms with van der Waals surface area (Å²) in [5, 5.41) is 0. The number of esters is 1. The van der Waals surface area contributed by atoms with E-state index in [1.165, 1.54) is 23.0 Å². The fourth-order valence-corrected chi connectivity index (χ4v) is 3.79. The van der Waals surface area contributed by atoms with E-state index in [1.807, 2.05) is 13.8 Å². The van der Waals surface area contributed by atoms with E-state index in [2.05, 4.69) is 0 Å². The summed E-state index contributed by atoms with van der Waals surface area (Å²) in [7, 11) is 0. The van der Waals surface area contributed by atoms with E-state index in [0.29, 0.717) is 23.8 Å². The smallest absolute Gasteiger partial charge is 0.345 e. The minimum Gasteiger partial charge on any atom is -0.493 e. The molecule has 0 amide bonds. The number of halogens is 2. The maximum atomic E-state index is 15.9. The average Bonchev–Trinajstić information content (AvgIpc) is 3.19. The van der Waals surface area contributed by atoms with Crippen molar-refractivity contribution in [2.45, 2.75) is 27.3 Å². The third kappa shape index (κ3) is 4.96. The van der Waals surface area contributed by atoms with Gasteiger partial charge in [-0.25, -0.2) is 13.6 Å². The zero-order valence-corrected chi connectivity index (χ0v) is 19.8. The third-order valence-electron chi connectivity index (χ3n) is 5.45. The summed E-state index contributed by atoms with van der Waals surface area (Å²) in [6, 6.07) is 13.0. The molecule has 8 heteroatoms. The van der Waals surface area contributed by atoms with Crippen molar-refractivity contribution in [2.75, 3.05) is 13.2 Å². The molecule has 0 aliphatic heterocycles.